The Morgan fingerprint density at radius 1 is 0.923 bits per heavy atom. The highest BCUT2D eigenvalue weighted by Crippen LogP contribution is 2.23. The van der Waals surface area contributed by atoms with Crippen LogP contribution in [0.5, 0.6) is 0 Å². The molecule has 0 N–H and O–H groups in total. The Bertz CT molecular complexity index is 515. The predicted octanol–water partition coefficient (Wildman–Crippen LogP) is 6.05. The van der Waals surface area contributed by atoms with Gasteiger partial charge in [-0.15, -0.1) is 6.42 Å². The summed E-state index contributed by atoms with van der Waals surface area (Å²) in [5, 5.41) is 0. The lowest BCUT2D eigenvalue weighted by atomic mass is 10.0. The van der Waals surface area contributed by atoms with Crippen LogP contribution >= 0.6 is 12.0 Å². The molecule has 0 fully saturated rings. The van der Waals surface area contributed by atoms with Crippen molar-refractivity contribution in [1.29, 1.82) is 0 Å². The van der Waals surface area contributed by atoms with E-state index in [-0.39, 0.29) is 11.2 Å². The van der Waals surface area contributed by atoms with E-state index in [1.54, 1.807) is 0 Å². The van der Waals surface area contributed by atoms with Crippen LogP contribution < -0.4 is 0 Å². The third-order valence-electron chi connectivity index (χ3n) is 3.71. The summed E-state index contributed by atoms with van der Waals surface area (Å²) in [4.78, 5) is 1.12. The number of benzene rings is 1. The van der Waals surface area contributed by atoms with E-state index < -0.39 is 0 Å². The summed E-state index contributed by atoms with van der Waals surface area (Å²) in [6, 6.07) is 8.31. The van der Waals surface area contributed by atoms with E-state index in [0.717, 1.165) is 17.7 Å². The smallest absolute Gasteiger partial charge is 0.108 e. The predicted molar refractivity (Wildman–Crippen MR) is 112 cm³/mol. The van der Waals surface area contributed by atoms with Gasteiger partial charge in [0.1, 0.15) is 6.61 Å². The van der Waals surface area contributed by atoms with E-state index in [2.05, 4.69) is 51.0 Å². The molecule has 1 aromatic carbocycles. The zero-order chi connectivity index (χ0) is 20.1. The van der Waals surface area contributed by atoms with Gasteiger partial charge in [-0.1, -0.05) is 37.5 Å². The van der Waals surface area contributed by atoms with Gasteiger partial charge in [0, 0.05) is 23.4 Å². The van der Waals surface area contributed by atoms with Crippen molar-refractivity contribution in [3.8, 4) is 12.3 Å². The molecular formula is C22H36O3S. The zero-order valence-corrected chi connectivity index (χ0v) is 18.4. The van der Waals surface area contributed by atoms with Gasteiger partial charge < -0.3 is 13.7 Å². The second-order valence-corrected chi connectivity index (χ2v) is 7.95. The Balaban J connectivity index is 0.00000301. The van der Waals surface area contributed by atoms with E-state index in [4.69, 9.17) is 20.1 Å². The van der Waals surface area contributed by atoms with Crippen molar-refractivity contribution in [2.75, 3.05) is 19.8 Å². The lowest BCUT2D eigenvalue weighted by Gasteiger charge is -2.29. The molecule has 4 heteroatoms. The molecule has 0 atom stereocenters. The van der Waals surface area contributed by atoms with Crippen LogP contribution in [0, 0.1) is 19.3 Å². The number of terminal acetylenes is 1. The molecule has 0 aliphatic rings. The van der Waals surface area contributed by atoms with Crippen LogP contribution in [-0.4, -0.2) is 31.0 Å². The normalized spacial score (nSPS) is 11.5. The fourth-order valence-corrected chi connectivity index (χ4v) is 2.50. The first kappa shape index (κ1) is 25.0. The number of hydrogen-bond acceptors (Lipinski definition) is 4. The molecule has 3 nitrogen and oxygen atoms in total. The van der Waals surface area contributed by atoms with Crippen LogP contribution in [0.3, 0.4) is 0 Å². The SMILES string of the molecule is C#CCOC(C)(C)CCOC(C)(C)CCOSc1ccc(C)cc1.CC. The Morgan fingerprint density at radius 2 is 1.46 bits per heavy atom. The molecule has 0 saturated carbocycles. The van der Waals surface area contributed by atoms with Gasteiger partial charge in [0.2, 0.25) is 0 Å². The average Bonchev–Trinajstić information content (AvgIpc) is 2.60. The standard InChI is InChI=1S/C20H30O3S.C2H6/c1-7-14-21-19(3,4)12-15-22-20(5,6)13-16-23-24-18-10-8-17(2)9-11-18;1-2/h1,8-11H,12-16H2,2-6H3;1-2H3. The van der Waals surface area contributed by atoms with Gasteiger partial charge in [0.25, 0.3) is 0 Å². The molecule has 1 aromatic rings. The summed E-state index contributed by atoms with van der Waals surface area (Å²) in [5.41, 5.74) is 0.763. The first-order valence-corrected chi connectivity index (χ1v) is 10.1. The maximum absolute atomic E-state index is 5.99. The Morgan fingerprint density at radius 3 is 2.04 bits per heavy atom. The number of rotatable bonds is 11. The first-order valence-electron chi connectivity index (χ1n) is 9.32. The highest BCUT2D eigenvalue weighted by atomic mass is 32.2. The molecule has 0 heterocycles. The van der Waals surface area contributed by atoms with Crippen molar-refractivity contribution in [2.45, 2.75) is 77.4 Å². The Labute approximate surface area is 165 Å². The molecule has 0 aliphatic carbocycles. The van der Waals surface area contributed by atoms with Gasteiger partial charge in [-0.05, 0) is 53.2 Å². The topological polar surface area (TPSA) is 27.7 Å². The average molecular weight is 381 g/mol. The van der Waals surface area contributed by atoms with Crippen molar-refractivity contribution >= 4 is 12.0 Å². The maximum atomic E-state index is 5.99. The highest BCUT2D eigenvalue weighted by molar-refractivity contribution is 7.94. The van der Waals surface area contributed by atoms with Crippen LogP contribution in [0.15, 0.2) is 29.2 Å². The molecule has 148 valence electrons. The molecule has 0 aliphatic heterocycles. The summed E-state index contributed by atoms with van der Waals surface area (Å²) < 4.78 is 17.3. The summed E-state index contributed by atoms with van der Waals surface area (Å²) in [6.07, 6.45) is 6.86. The molecular weight excluding hydrogens is 344 g/mol. The van der Waals surface area contributed by atoms with E-state index in [1.165, 1.54) is 17.6 Å². The minimum atomic E-state index is -0.264. The van der Waals surface area contributed by atoms with Crippen molar-refractivity contribution in [1.82, 2.24) is 0 Å². The zero-order valence-electron chi connectivity index (χ0n) is 17.6. The van der Waals surface area contributed by atoms with E-state index >= 15 is 0 Å². The van der Waals surface area contributed by atoms with Gasteiger partial charge in [-0.3, -0.25) is 0 Å². The number of ether oxygens (including phenoxy) is 2. The fourth-order valence-electron chi connectivity index (χ4n) is 1.95. The molecule has 1 rings (SSSR count). The maximum Gasteiger partial charge on any atom is 0.108 e. The van der Waals surface area contributed by atoms with Gasteiger partial charge in [-0.2, -0.15) is 0 Å². The van der Waals surface area contributed by atoms with Crippen LogP contribution in [0.25, 0.3) is 0 Å². The quantitative estimate of drug-likeness (QED) is 0.265. The second-order valence-electron chi connectivity index (χ2n) is 7.08. The second kappa shape index (κ2) is 13.2. The van der Waals surface area contributed by atoms with E-state index in [1.807, 2.05) is 27.7 Å². The summed E-state index contributed by atoms with van der Waals surface area (Å²) in [7, 11) is 0. The Kier molecular flexibility index (Phi) is 12.7. The van der Waals surface area contributed by atoms with Crippen LogP contribution in [0.1, 0.15) is 59.9 Å². The molecule has 0 unspecified atom stereocenters. The van der Waals surface area contributed by atoms with Crippen LogP contribution in [0.2, 0.25) is 0 Å². The van der Waals surface area contributed by atoms with E-state index in [9.17, 15) is 0 Å². The molecule has 0 radical (unpaired) electrons. The summed E-state index contributed by atoms with van der Waals surface area (Å²) >= 11 is 1.41. The number of aryl methyl sites for hydroxylation is 1. The Hall–Kier alpha value is -0.990. The third-order valence-corrected chi connectivity index (χ3v) is 4.46. The van der Waals surface area contributed by atoms with Gasteiger partial charge in [0.15, 0.2) is 0 Å². The first-order chi connectivity index (χ1) is 12.2. The van der Waals surface area contributed by atoms with E-state index in [0.29, 0.717) is 19.8 Å². The minimum Gasteiger partial charge on any atom is -0.375 e. The fraction of sp³-hybridized carbons (Fsp3) is 0.636. The van der Waals surface area contributed by atoms with Crippen LogP contribution in [0.4, 0.5) is 0 Å². The molecule has 0 amide bonds. The summed E-state index contributed by atoms with van der Waals surface area (Å²) in [6.45, 7) is 15.9. The molecule has 0 bridgehead atoms. The monoisotopic (exact) mass is 380 g/mol. The molecule has 0 spiro atoms. The summed E-state index contributed by atoms with van der Waals surface area (Å²) in [5.74, 6) is 2.50. The van der Waals surface area contributed by atoms with Crippen LogP contribution in [-0.2, 0) is 13.7 Å². The van der Waals surface area contributed by atoms with Crippen molar-refractivity contribution in [2.24, 2.45) is 0 Å². The molecule has 0 aromatic heterocycles. The molecule has 0 saturated heterocycles. The van der Waals surface area contributed by atoms with Gasteiger partial charge >= 0.3 is 0 Å². The largest absolute Gasteiger partial charge is 0.375 e. The minimum absolute atomic E-state index is 0.226. The van der Waals surface area contributed by atoms with Crippen molar-refractivity contribution in [3.63, 3.8) is 0 Å². The third kappa shape index (κ3) is 12.4. The molecule has 26 heavy (non-hydrogen) atoms. The lowest BCUT2D eigenvalue weighted by Crippen LogP contribution is -2.31. The van der Waals surface area contributed by atoms with Crippen molar-refractivity contribution in [3.05, 3.63) is 29.8 Å². The highest BCUT2D eigenvalue weighted by Gasteiger charge is 2.22. The van der Waals surface area contributed by atoms with Crippen molar-refractivity contribution < 1.29 is 13.7 Å². The van der Waals surface area contributed by atoms with Gasteiger partial charge in [-0.25, -0.2) is 0 Å². The lowest BCUT2D eigenvalue weighted by molar-refractivity contribution is -0.0698. The number of hydrogen-bond donors (Lipinski definition) is 0. The van der Waals surface area contributed by atoms with Gasteiger partial charge in [0.05, 0.1) is 24.4 Å².